The molecule has 0 bridgehead atoms. The van der Waals surface area contributed by atoms with E-state index in [1.807, 2.05) is 20.8 Å². The van der Waals surface area contributed by atoms with Crippen LogP contribution in [0.15, 0.2) is 26.1 Å². The van der Waals surface area contributed by atoms with Crippen molar-refractivity contribution in [1.29, 1.82) is 0 Å². The maximum absolute atomic E-state index is 11.6. The first kappa shape index (κ1) is 13.3. The molecule has 0 radical (unpaired) electrons. The van der Waals surface area contributed by atoms with Crippen LogP contribution in [0.5, 0.6) is 5.75 Å². The molecular formula is C13H16N2O4. The van der Waals surface area contributed by atoms with Crippen molar-refractivity contribution in [3.8, 4) is 5.75 Å². The minimum atomic E-state index is -0.233. The zero-order valence-electron chi connectivity index (χ0n) is 11.4. The van der Waals surface area contributed by atoms with E-state index >= 15 is 0 Å². The molecule has 2 heterocycles. The Bertz CT molecular complexity index is 622. The number of hydrogen-bond acceptors (Lipinski definition) is 6. The molecule has 0 aromatic carbocycles. The summed E-state index contributed by atoms with van der Waals surface area (Å²) >= 11 is 0. The lowest BCUT2D eigenvalue weighted by Gasteiger charge is -2.10. The van der Waals surface area contributed by atoms with Gasteiger partial charge in [-0.1, -0.05) is 25.9 Å². The fourth-order valence-electron chi connectivity index (χ4n) is 1.36. The number of hydrogen-bond donors (Lipinski definition) is 0. The fourth-order valence-corrected chi connectivity index (χ4v) is 1.36. The highest BCUT2D eigenvalue weighted by atomic mass is 16.5. The molecule has 2 rings (SSSR count). The van der Waals surface area contributed by atoms with Crippen LogP contribution in [0.4, 0.5) is 0 Å². The van der Waals surface area contributed by atoms with E-state index < -0.39 is 0 Å². The minimum Gasteiger partial charge on any atom is -0.478 e. The molecule has 102 valence electrons. The van der Waals surface area contributed by atoms with E-state index in [-0.39, 0.29) is 23.2 Å². The summed E-state index contributed by atoms with van der Waals surface area (Å²) in [6.45, 7) is 7.67. The van der Waals surface area contributed by atoms with E-state index in [1.165, 1.54) is 12.3 Å². The van der Waals surface area contributed by atoms with Crippen molar-refractivity contribution in [1.82, 2.24) is 10.1 Å². The highest BCUT2D eigenvalue weighted by Crippen LogP contribution is 2.19. The van der Waals surface area contributed by atoms with E-state index in [0.29, 0.717) is 17.5 Å². The summed E-state index contributed by atoms with van der Waals surface area (Å²) in [7, 11) is 0. The maximum atomic E-state index is 11.6. The highest BCUT2D eigenvalue weighted by molar-refractivity contribution is 5.17. The molecule has 0 saturated heterocycles. The van der Waals surface area contributed by atoms with Gasteiger partial charge in [0, 0.05) is 11.5 Å². The SMILES string of the molecule is Cc1cc(=O)c(OCc2noc(C(C)(C)C)n2)co1. The Hall–Kier alpha value is -2.11. The smallest absolute Gasteiger partial charge is 0.232 e. The predicted octanol–water partition coefficient (Wildman–Crippen LogP) is 2.21. The Morgan fingerprint density at radius 3 is 2.68 bits per heavy atom. The lowest BCUT2D eigenvalue weighted by Crippen LogP contribution is -2.12. The van der Waals surface area contributed by atoms with Crippen LogP contribution < -0.4 is 10.2 Å². The van der Waals surface area contributed by atoms with Gasteiger partial charge in [-0.25, -0.2) is 0 Å². The molecule has 0 amide bonds. The zero-order chi connectivity index (χ0) is 14.0. The average Bonchev–Trinajstić information content (AvgIpc) is 2.76. The molecule has 0 unspecified atom stereocenters. The standard InChI is InChI=1S/C13H16N2O4/c1-8-5-9(16)10(6-17-8)18-7-11-14-12(19-15-11)13(2,3)4/h5-6H,7H2,1-4H3. The second kappa shape index (κ2) is 4.87. The molecular weight excluding hydrogens is 248 g/mol. The normalized spacial score (nSPS) is 11.6. The average molecular weight is 264 g/mol. The molecule has 19 heavy (non-hydrogen) atoms. The molecule has 0 aliphatic carbocycles. The molecule has 0 fully saturated rings. The molecule has 0 saturated carbocycles. The topological polar surface area (TPSA) is 78.4 Å². The van der Waals surface area contributed by atoms with Crippen LogP contribution in [0.3, 0.4) is 0 Å². The van der Waals surface area contributed by atoms with Crippen molar-refractivity contribution in [3.05, 3.63) is 40.0 Å². The molecule has 0 atom stereocenters. The molecule has 0 spiro atoms. The Balaban J connectivity index is 2.07. The van der Waals surface area contributed by atoms with E-state index in [2.05, 4.69) is 10.1 Å². The first-order chi connectivity index (χ1) is 8.86. The molecule has 0 aliphatic rings. The van der Waals surface area contributed by atoms with Crippen molar-refractivity contribution < 1.29 is 13.7 Å². The molecule has 0 aliphatic heterocycles. The number of aryl methyl sites for hydroxylation is 1. The van der Waals surface area contributed by atoms with Crippen molar-refractivity contribution in [2.24, 2.45) is 0 Å². The Morgan fingerprint density at radius 2 is 2.11 bits per heavy atom. The first-order valence-corrected chi connectivity index (χ1v) is 5.91. The molecule has 2 aromatic rings. The van der Waals surface area contributed by atoms with Gasteiger partial charge in [-0.15, -0.1) is 0 Å². The van der Waals surface area contributed by atoms with Gasteiger partial charge in [-0.05, 0) is 6.92 Å². The summed E-state index contributed by atoms with van der Waals surface area (Å²) in [4.78, 5) is 15.8. The van der Waals surface area contributed by atoms with Crippen LogP contribution in [-0.2, 0) is 12.0 Å². The van der Waals surface area contributed by atoms with Gasteiger partial charge in [0.05, 0.1) is 0 Å². The van der Waals surface area contributed by atoms with Crippen molar-refractivity contribution in [2.45, 2.75) is 39.7 Å². The van der Waals surface area contributed by atoms with Gasteiger partial charge in [0.25, 0.3) is 0 Å². The fraction of sp³-hybridized carbons (Fsp3) is 0.462. The number of rotatable bonds is 3. The van der Waals surface area contributed by atoms with E-state index in [1.54, 1.807) is 6.92 Å². The van der Waals surface area contributed by atoms with E-state index in [4.69, 9.17) is 13.7 Å². The van der Waals surface area contributed by atoms with Gasteiger partial charge in [-0.3, -0.25) is 4.79 Å². The van der Waals surface area contributed by atoms with Gasteiger partial charge >= 0.3 is 0 Å². The monoisotopic (exact) mass is 264 g/mol. The second-order valence-corrected chi connectivity index (χ2v) is 5.27. The van der Waals surface area contributed by atoms with Gasteiger partial charge in [0.2, 0.25) is 22.9 Å². The quantitative estimate of drug-likeness (QED) is 0.845. The molecule has 6 heteroatoms. The third-order valence-corrected chi connectivity index (χ3v) is 2.40. The molecule has 2 aromatic heterocycles. The number of nitrogens with zero attached hydrogens (tertiary/aromatic N) is 2. The van der Waals surface area contributed by atoms with Crippen LogP contribution >= 0.6 is 0 Å². The highest BCUT2D eigenvalue weighted by Gasteiger charge is 2.21. The number of ether oxygens (including phenoxy) is 1. The second-order valence-electron chi connectivity index (χ2n) is 5.27. The van der Waals surface area contributed by atoms with Gasteiger partial charge in [-0.2, -0.15) is 4.98 Å². The van der Waals surface area contributed by atoms with Crippen molar-refractivity contribution >= 4 is 0 Å². The lowest BCUT2D eigenvalue weighted by molar-refractivity contribution is 0.270. The summed E-state index contributed by atoms with van der Waals surface area (Å²) in [6.07, 6.45) is 1.28. The van der Waals surface area contributed by atoms with Crippen molar-refractivity contribution in [2.75, 3.05) is 0 Å². The third-order valence-electron chi connectivity index (χ3n) is 2.40. The summed E-state index contributed by atoms with van der Waals surface area (Å²) in [5.41, 5.74) is -0.447. The summed E-state index contributed by atoms with van der Waals surface area (Å²) in [6, 6.07) is 1.37. The molecule has 6 nitrogen and oxygen atoms in total. The lowest BCUT2D eigenvalue weighted by atomic mass is 9.97. The van der Waals surface area contributed by atoms with Crippen molar-refractivity contribution in [3.63, 3.8) is 0 Å². The summed E-state index contributed by atoms with van der Waals surface area (Å²) in [5, 5.41) is 3.80. The zero-order valence-corrected chi connectivity index (χ0v) is 11.4. The summed E-state index contributed by atoms with van der Waals surface area (Å²) < 4.78 is 15.5. The Labute approximate surface area is 110 Å². The largest absolute Gasteiger partial charge is 0.478 e. The van der Waals surface area contributed by atoms with Crippen LogP contribution in [0.2, 0.25) is 0 Å². The van der Waals surface area contributed by atoms with Crippen LogP contribution in [0.25, 0.3) is 0 Å². The van der Waals surface area contributed by atoms with Gasteiger partial charge in [0.15, 0.2) is 6.61 Å². The van der Waals surface area contributed by atoms with Crippen LogP contribution in [-0.4, -0.2) is 10.1 Å². The first-order valence-electron chi connectivity index (χ1n) is 5.91. The minimum absolute atomic E-state index is 0.0629. The third kappa shape index (κ3) is 3.21. The Morgan fingerprint density at radius 1 is 1.37 bits per heavy atom. The molecule has 0 N–H and O–H groups in total. The van der Waals surface area contributed by atoms with Crippen LogP contribution in [0, 0.1) is 6.92 Å². The number of aromatic nitrogens is 2. The van der Waals surface area contributed by atoms with Gasteiger partial charge < -0.3 is 13.7 Å². The van der Waals surface area contributed by atoms with E-state index in [9.17, 15) is 4.79 Å². The van der Waals surface area contributed by atoms with E-state index in [0.717, 1.165) is 0 Å². The maximum Gasteiger partial charge on any atom is 0.232 e. The Kier molecular flexibility index (Phi) is 3.42. The predicted molar refractivity (Wildman–Crippen MR) is 67.0 cm³/mol. The van der Waals surface area contributed by atoms with Crippen LogP contribution in [0.1, 0.15) is 38.2 Å². The summed E-state index contributed by atoms with van der Waals surface area (Å²) in [5.74, 6) is 1.59. The van der Waals surface area contributed by atoms with Gasteiger partial charge in [0.1, 0.15) is 12.0 Å².